The zero-order chi connectivity index (χ0) is 20.3. The molecule has 0 atom stereocenters. The maximum absolute atomic E-state index is 14.0. The van der Waals surface area contributed by atoms with Gasteiger partial charge in [0, 0.05) is 16.1 Å². The summed E-state index contributed by atoms with van der Waals surface area (Å²) < 4.78 is 53.3. The van der Waals surface area contributed by atoms with Gasteiger partial charge in [-0.05, 0) is 42.9 Å². The van der Waals surface area contributed by atoms with Crippen molar-refractivity contribution in [2.24, 2.45) is 0 Å². The van der Waals surface area contributed by atoms with Crippen LogP contribution in [0.1, 0.15) is 23.7 Å². The molecule has 0 saturated heterocycles. The Kier molecular flexibility index (Phi) is 6.68. The molecule has 0 unspecified atom stereocenters. The molecule has 0 radical (unpaired) electrons. The minimum absolute atomic E-state index is 0.351. The van der Waals surface area contributed by atoms with Gasteiger partial charge in [0.05, 0.1) is 15.5 Å². The van der Waals surface area contributed by atoms with E-state index >= 15 is 0 Å². The van der Waals surface area contributed by atoms with Crippen LogP contribution in [0.3, 0.4) is 0 Å². The highest BCUT2D eigenvalue weighted by Crippen LogP contribution is 2.37. The van der Waals surface area contributed by atoms with Gasteiger partial charge in [-0.1, -0.05) is 36.7 Å². The second-order valence-electron chi connectivity index (χ2n) is 5.96. The van der Waals surface area contributed by atoms with Gasteiger partial charge in [-0.3, -0.25) is 0 Å². The number of halogens is 5. The lowest BCUT2D eigenvalue weighted by molar-refractivity contribution is -0.137. The first kappa shape index (κ1) is 21.1. The Morgan fingerprint density at radius 1 is 1.07 bits per heavy atom. The Balaban J connectivity index is 1.85. The number of hydrogen-bond donors (Lipinski definition) is 0. The van der Waals surface area contributed by atoms with Gasteiger partial charge in [0.1, 0.15) is 10.8 Å². The Morgan fingerprint density at radius 3 is 2.39 bits per heavy atom. The second-order valence-corrected chi connectivity index (χ2v) is 8.90. The molecule has 0 N–H and O–H groups in total. The van der Waals surface area contributed by atoms with E-state index in [1.807, 2.05) is 6.92 Å². The summed E-state index contributed by atoms with van der Waals surface area (Å²) in [5.41, 5.74) is 1.20. The van der Waals surface area contributed by atoms with Gasteiger partial charge in [0.25, 0.3) is 0 Å². The number of thioether (sulfide) groups is 1. The number of nitrogens with zero attached hydrogens (tertiary/aromatic N) is 1. The lowest BCUT2D eigenvalue weighted by Crippen LogP contribution is -2.03. The molecule has 1 heterocycles. The first-order valence-electron chi connectivity index (χ1n) is 8.52. The van der Waals surface area contributed by atoms with Crippen LogP contribution < -0.4 is 0 Å². The van der Waals surface area contributed by atoms with Crippen molar-refractivity contribution in [2.75, 3.05) is 5.75 Å². The molecule has 0 amide bonds. The smallest absolute Gasteiger partial charge is 0.240 e. The third-order valence-corrected chi connectivity index (χ3v) is 6.76. The fourth-order valence-corrected chi connectivity index (χ4v) is 5.19. The molecule has 0 bridgehead atoms. The minimum Gasteiger partial charge on any atom is -0.240 e. The summed E-state index contributed by atoms with van der Waals surface area (Å²) in [6.45, 7) is 2.01. The number of rotatable bonds is 6. The number of aromatic nitrogens is 1. The largest absolute Gasteiger partial charge is 0.416 e. The highest BCUT2D eigenvalue weighted by atomic mass is 35.5. The molecule has 2 aromatic carbocycles. The first-order valence-corrected chi connectivity index (χ1v) is 10.7. The predicted octanol–water partition coefficient (Wildman–Crippen LogP) is 7.52. The molecule has 1 aromatic heterocycles. The fraction of sp³-hybridized carbons (Fsp3) is 0.250. The quantitative estimate of drug-likeness (QED) is 0.287. The zero-order valence-electron chi connectivity index (χ0n) is 14.8. The first-order chi connectivity index (χ1) is 13.3. The van der Waals surface area contributed by atoms with E-state index in [9.17, 15) is 17.6 Å². The molecule has 148 valence electrons. The number of thiazole rings is 1. The summed E-state index contributed by atoms with van der Waals surface area (Å²) >= 11 is 9.15. The van der Waals surface area contributed by atoms with Crippen LogP contribution in [-0.2, 0) is 19.0 Å². The Labute approximate surface area is 173 Å². The van der Waals surface area contributed by atoms with Crippen LogP contribution in [0, 0.1) is 5.82 Å². The van der Waals surface area contributed by atoms with Crippen molar-refractivity contribution in [1.29, 1.82) is 0 Å². The van der Waals surface area contributed by atoms with E-state index in [1.165, 1.54) is 29.5 Å². The maximum atomic E-state index is 14.0. The van der Waals surface area contributed by atoms with E-state index in [2.05, 4.69) is 4.98 Å². The Bertz CT molecular complexity index is 932. The lowest BCUT2D eigenvalue weighted by Gasteiger charge is -2.06. The van der Waals surface area contributed by atoms with Crippen LogP contribution >= 0.6 is 34.7 Å². The topological polar surface area (TPSA) is 12.9 Å². The second kappa shape index (κ2) is 8.84. The maximum Gasteiger partial charge on any atom is 0.416 e. The molecule has 0 aliphatic carbocycles. The molecule has 0 fully saturated rings. The molecule has 3 rings (SSSR count). The lowest BCUT2D eigenvalue weighted by atomic mass is 10.1. The average Bonchev–Trinajstić information content (AvgIpc) is 3.04. The van der Waals surface area contributed by atoms with Crippen LogP contribution in [0.15, 0.2) is 46.7 Å². The van der Waals surface area contributed by atoms with Crippen molar-refractivity contribution in [2.45, 2.75) is 30.2 Å². The van der Waals surface area contributed by atoms with Crippen molar-refractivity contribution in [1.82, 2.24) is 4.98 Å². The van der Waals surface area contributed by atoms with Crippen LogP contribution in [0.4, 0.5) is 17.6 Å². The van der Waals surface area contributed by atoms with Gasteiger partial charge in [-0.15, -0.1) is 23.1 Å². The van der Waals surface area contributed by atoms with Gasteiger partial charge < -0.3 is 0 Å². The van der Waals surface area contributed by atoms with Crippen LogP contribution in [-0.4, -0.2) is 10.7 Å². The van der Waals surface area contributed by atoms with Crippen molar-refractivity contribution < 1.29 is 17.6 Å². The highest BCUT2D eigenvalue weighted by Gasteiger charge is 2.30. The van der Waals surface area contributed by atoms with Crippen molar-refractivity contribution >= 4 is 34.7 Å². The monoisotopic (exact) mass is 445 g/mol. The summed E-state index contributed by atoms with van der Waals surface area (Å²) in [6, 6.07) is 9.56. The van der Waals surface area contributed by atoms with Crippen LogP contribution in [0.5, 0.6) is 0 Å². The Hall–Kier alpha value is -1.57. The van der Waals surface area contributed by atoms with Gasteiger partial charge in [0.15, 0.2) is 0 Å². The normalized spacial score (nSPS) is 11.8. The molecule has 28 heavy (non-hydrogen) atoms. The number of aryl methyl sites for hydroxylation is 1. The molecule has 1 nitrogen and oxygen atoms in total. The minimum atomic E-state index is -4.37. The third-order valence-electron chi connectivity index (χ3n) is 4.07. The van der Waals surface area contributed by atoms with Gasteiger partial charge in [-0.2, -0.15) is 13.2 Å². The summed E-state index contributed by atoms with van der Waals surface area (Å²) in [6.07, 6.45) is -3.46. The van der Waals surface area contributed by atoms with E-state index < -0.39 is 11.7 Å². The standard InChI is InChI=1S/C20H16ClF4NS2/c1-2-27-19-17(11-10-14-15(21)4-3-5-16(14)22)26-18(28-19)12-6-8-13(9-7-12)20(23,24)25/h3-9H,2,10-11H2,1H3. The van der Waals surface area contributed by atoms with Gasteiger partial charge in [0.2, 0.25) is 0 Å². The molecule has 3 aromatic rings. The van der Waals surface area contributed by atoms with Crippen LogP contribution in [0.2, 0.25) is 5.02 Å². The van der Waals surface area contributed by atoms with Gasteiger partial charge in [-0.25, -0.2) is 9.37 Å². The molecule has 0 spiro atoms. The van der Waals surface area contributed by atoms with E-state index in [4.69, 9.17) is 11.6 Å². The molecular formula is C20H16ClF4NS2. The highest BCUT2D eigenvalue weighted by molar-refractivity contribution is 8.01. The molecule has 0 aliphatic rings. The number of hydrogen-bond acceptors (Lipinski definition) is 3. The van der Waals surface area contributed by atoms with E-state index in [1.54, 1.807) is 23.9 Å². The van der Waals surface area contributed by atoms with Crippen molar-refractivity contribution in [3.8, 4) is 10.6 Å². The predicted molar refractivity (Wildman–Crippen MR) is 108 cm³/mol. The molecule has 0 saturated carbocycles. The third kappa shape index (κ3) is 4.88. The summed E-state index contributed by atoms with van der Waals surface area (Å²) in [4.78, 5) is 4.62. The van der Waals surface area contributed by atoms with Crippen molar-refractivity contribution in [3.05, 3.63) is 70.1 Å². The molecular weight excluding hydrogens is 430 g/mol. The fourth-order valence-electron chi connectivity index (χ4n) is 2.68. The van der Waals surface area contributed by atoms with Crippen LogP contribution in [0.25, 0.3) is 10.6 Å². The average molecular weight is 446 g/mol. The van der Waals surface area contributed by atoms with Gasteiger partial charge >= 0.3 is 6.18 Å². The SMILES string of the molecule is CCSc1sc(-c2ccc(C(F)(F)F)cc2)nc1CCc1c(F)cccc1Cl. The van der Waals surface area contributed by atoms with Crippen molar-refractivity contribution in [3.63, 3.8) is 0 Å². The van der Waals surface area contributed by atoms with E-state index in [0.717, 1.165) is 27.8 Å². The number of alkyl halides is 3. The molecule has 8 heteroatoms. The molecule has 0 aliphatic heterocycles. The summed E-state index contributed by atoms with van der Waals surface area (Å²) in [7, 11) is 0. The summed E-state index contributed by atoms with van der Waals surface area (Å²) in [5, 5.41) is 1.03. The van der Waals surface area contributed by atoms with E-state index in [-0.39, 0.29) is 5.82 Å². The van der Waals surface area contributed by atoms with E-state index in [0.29, 0.717) is 34.0 Å². The number of benzene rings is 2. The summed E-state index contributed by atoms with van der Waals surface area (Å²) in [5.74, 6) is 0.484. The Morgan fingerprint density at radius 2 is 1.79 bits per heavy atom. The zero-order valence-corrected chi connectivity index (χ0v) is 17.2.